The fraction of sp³-hybridized carbons (Fsp3) is 0.391. The highest BCUT2D eigenvalue weighted by Gasteiger charge is 2.30. The van der Waals surface area contributed by atoms with Gasteiger partial charge in [-0.1, -0.05) is 77.1 Å². The van der Waals surface area contributed by atoms with Gasteiger partial charge in [-0.2, -0.15) is 0 Å². The Kier molecular flexibility index (Phi) is 11.1. The van der Waals surface area contributed by atoms with Crippen LogP contribution in [0.15, 0.2) is 40.9 Å². The van der Waals surface area contributed by atoms with Gasteiger partial charge in [0.15, 0.2) is 6.61 Å². The van der Waals surface area contributed by atoms with Crippen LogP contribution < -0.4 is 10.1 Å². The third-order valence-electron chi connectivity index (χ3n) is 4.85. The molecule has 2 amide bonds. The van der Waals surface area contributed by atoms with Gasteiger partial charge < -0.3 is 15.0 Å². The van der Waals surface area contributed by atoms with Gasteiger partial charge in [0.05, 0.1) is 5.02 Å². The van der Waals surface area contributed by atoms with Gasteiger partial charge in [-0.15, -0.1) is 0 Å². The van der Waals surface area contributed by atoms with Crippen molar-refractivity contribution < 1.29 is 14.3 Å². The van der Waals surface area contributed by atoms with E-state index in [0.717, 1.165) is 17.3 Å². The van der Waals surface area contributed by atoms with Crippen molar-refractivity contribution in [2.75, 3.05) is 13.2 Å². The molecule has 0 fully saturated rings. The second kappa shape index (κ2) is 13.3. The SMILES string of the molecule is CCCCNC(=O)C(CC)N(Cc1c(Cl)cccc1Cl)C(=O)COc1ccc(Br)cc1Cl. The summed E-state index contributed by atoms with van der Waals surface area (Å²) in [5.41, 5.74) is 0.575. The van der Waals surface area contributed by atoms with E-state index in [1.165, 1.54) is 4.90 Å². The van der Waals surface area contributed by atoms with Crippen LogP contribution in [-0.4, -0.2) is 35.9 Å². The maximum absolute atomic E-state index is 13.2. The molecular weight excluding hydrogens is 539 g/mol. The molecule has 1 unspecified atom stereocenters. The molecule has 174 valence electrons. The summed E-state index contributed by atoms with van der Waals surface area (Å²) in [5.74, 6) is -0.226. The molecule has 0 heterocycles. The lowest BCUT2D eigenvalue weighted by molar-refractivity contribution is -0.143. The van der Waals surface area contributed by atoms with Crippen LogP contribution in [0.1, 0.15) is 38.7 Å². The second-order valence-corrected chi connectivity index (χ2v) is 9.29. The lowest BCUT2D eigenvalue weighted by Gasteiger charge is -2.31. The fourth-order valence-corrected chi connectivity index (χ4v) is 4.34. The average Bonchev–Trinajstić information content (AvgIpc) is 2.75. The zero-order chi connectivity index (χ0) is 23.7. The number of halogens is 4. The molecule has 1 N–H and O–H groups in total. The van der Waals surface area contributed by atoms with Crippen LogP contribution in [0.3, 0.4) is 0 Å². The molecule has 0 spiro atoms. The molecule has 2 rings (SSSR count). The van der Waals surface area contributed by atoms with Crippen molar-refractivity contribution in [1.29, 1.82) is 0 Å². The van der Waals surface area contributed by atoms with E-state index in [-0.39, 0.29) is 25.0 Å². The summed E-state index contributed by atoms with van der Waals surface area (Å²) < 4.78 is 6.46. The van der Waals surface area contributed by atoms with Crippen molar-refractivity contribution in [3.05, 3.63) is 61.5 Å². The Hall–Kier alpha value is -1.47. The number of ether oxygens (including phenoxy) is 1. The van der Waals surface area contributed by atoms with E-state index in [1.807, 2.05) is 13.8 Å². The molecule has 1 atom stereocenters. The minimum absolute atomic E-state index is 0.0779. The fourth-order valence-electron chi connectivity index (χ4n) is 3.09. The van der Waals surface area contributed by atoms with E-state index in [1.54, 1.807) is 36.4 Å². The van der Waals surface area contributed by atoms with Gasteiger partial charge in [-0.05, 0) is 43.2 Å². The second-order valence-electron chi connectivity index (χ2n) is 7.15. The molecule has 0 aliphatic heterocycles. The summed E-state index contributed by atoms with van der Waals surface area (Å²) >= 11 is 22.2. The Morgan fingerprint density at radius 3 is 2.38 bits per heavy atom. The van der Waals surface area contributed by atoms with Gasteiger partial charge in [0.25, 0.3) is 5.91 Å². The Morgan fingerprint density at radius 2 is 1.78 bits per heavy atom. The van der Waals surface area contributed by atoms with Crippen molar-refractivity contribution in [3.63, 3.8) is 0 Å². The normalized spacial score (nSPS) is 11.7. The summed E-state index contributed by atoms with van der Waals surface area (Å²) in [7, 11) is 0. The van der Waals surface area contributed by atoms with E-state index in [0.29, 0.717) is 39.3 Å². The predicted octanol–water partition coefficient (Wildman–Crippen LogP) is 6.51. The van der Waals surface area contributed by atoms with E-state index < -0.39 is 6.04 Å². The Balaban J connectivity index is 2.26. The summed E-state index contributed by atoms with van der Waals surface area (Å²) in [6.07, 6.45) is 2.24. The van der Waals surface area contributed by atoms with Gasteiger partial charge in [-0.3, -0.25) is 9.59 Å². The predicted molar refractivity (Wildman–Crippen MR) is 134 cm³/mol. The quantitative estimate of drug-likeness (QED) is 0.317. The first-order chi connectivity index (χ1) is 15.3. The number of carbonyl (C=O) groups is 2. The molecule has 0 saturated carbocycles. The molecule has 0 bridgehead atoms. The first-order valence-electron chi connectivity index (χ1n) is 10.4. The number of rotatable bonds is 11. The summed E-state index contributed by atoms with van der Waals surface area (Å²) in [6, 6.07) is 9.55. The van der Waals surface area contributed by atoms with Gasteiger partial charge >= 0.3 is 0 Å². The van der Waals surface area contributed by atoms with Gasteiger partial charge in [-0.25, -0.2) is 0 Å². The monoisotopic (exact) mass is 562 g/mol. The van der Waals surface area contributed by atoms with E-state index >= 15 is 0 Å². The lowest BCUT2D eigenvalue weighted by atomic mass is 10.1. The molecule has 0 radical (unpaired) electrons. The molecule has 2 aromatic carbocycles. The molecule has 0 aliphatic rings. The largest absolute Gasteiger partial charge is 0.482 e. The molecule has 0 saturated heterocycles. The van der Waals surface area contributed by atoms with Gasteiger partial charge in [0.1, 0.15) is 11.8 Å². The molecule has 5 nitrogen and oxygen atoms in total. The van der Waals surface area contributed by atoms with Crippen molar-refractivity contribution >= 4 is 62.5 Å². The number of benzene rings is 2. The molecule has 0 aliphatic carbocycles. The maximum Gasteiger partial charge on any atom is 0.261 e. The van der Waals surface area contributed by atoms with Gasteiger partial charge in [0, 0.05) is 33.2 Å². The zero-order valence-electron chi connectivity index (χ0n) is 18.0. The third-order valence-corrected chi connectivity index (χ3v) is 6.35. The van der Waals surface area contributed by atoms with Crippen LogP contribution in [0.4, 0.5) is 0 Å². The number of carbonyl (C=O) groups excluding carboxylic acids is 2. The highest BCUT2D eigenvalue weighted by atomic mass is 79.9. The Morgan fingerprint density at radius 1 is 1.09 bits per heavy atom. The van der Waals surface area contributed by atoms with Crippen LogP contribution in [0.25, 0.3) is 0 Å². The number of nitrogens with one attached hydrogen (secondary N) is 1. The molecular formula is C23H26BrCl3N2O3. The molecule has 9 heteroatoms. The smallest absolute Gasteiger partial charge is 0.261 e. The standard InChI is InChI=1S/C23H26BrCl3N2O3/c1-3-5-11-28-23(31)20(4-2)29(13-16-17(25)7-6-8-18(16)26)22(30)14-32-21-10-9-15(24)12-19(21)27/h6-10,12,20H,3-5,11,13-14H2,1-2H3,(H,28,31). The highest BCUT2D eigenvalue weighted by molar-refractivity contribution is 9.10. The van der Waals surface area contributed by atoms with Crippen molar-refractivity contribution in [2.24, 2.45) is 0 Å². The first kappa shape index (κ1) is 26.8. The van der Waals surface area contributed by atoms with Crippen molar-refractivity contribution in [1.82, 2.24) is 10.2 Å². The molecule has 0 aromatic heterocycles. The maximum atomic E-state index is 13.2. The van der Waals surface area contributed by atoms with Crippen LogP contribution in [0, 0.1) is 0 Å². The number of hydrogen-bond acceptors (Lipinski definition) is 3. The van der Waals surface area contributed by atoms with Crippen LogP contribution in [0.2, 0.25) is 15.1 Å². The topological polar surface area (TPSA) is 58.6 Å². The summed E-state index contributed by atoms with van der Waals surface area (Å²) in [4.78, 5) is 27.6. The third kappa shape index (κ3) is 7.55. The van der Waals surface area contributed by atoms with Crippen LogP contribution in [-0.2, 0) is 16.1 Å². The summed E-state index contributed by atoms with van der Waals surface area (Å²) in [6.45, 7) is 4.23. The molecule has 2 aromatic rings. The molecule has 32 heavy (non-hydrogen) atoms. The first-order valence-corrected chi connectivity index (χ1v) is 12.3. The summed E-state index contributed by atoms with van der Waals surface area (Å²) in [5, 5.41) is 4.13. The number of amides is 2. The van der Waals surface area contributed by atoms with Crippen molar-refractivity contribution in [3.8, 4) is 5.75 Å². The minimum Gasteiger partial charge on any atom is -0.482 e. The zero-order valence-corrected chi connectivity index (χ0v) is 21.8. The number of unbranched alkanes of at least 4 members (excludes halogenated alkanes) is 1. The minimum atomic E-state index is -0.698. The van der Waals surface area contributed by atoms with Crippen LogP contribution in [0.5, 0.6) is 5.75 Å². The average molecular weight is 565 g/mol. The Labute approximate surface area is 212 Å². The Bertz CT molecular complexity index is 922. The number of hydrogen-bond donors (Lipinski definition) is 1. The van der Waals surface area contributed by atoms with E-state index in [9.17, 15) is 9.59 Å². The highest BCUT2D eigenvalue weighted by Crippen LogP contribution is 2.29. The van der Waals surface area contributed by atoms with Crippen LogP contribution >= 0.6 is 50.7 Å². The number of nitrogens with zero attached hydrogens (tertiary/aromatic N) is 1. The van der Waals surface area contributed by atoms with E-state index in [2.05, 4.69) is 21.2 Å². The van der Waals surface area contributed by atoms with Gasteiger partial charge in [0.2, 0.25) is 5.91 Å². The van der Waals surface area contributed by atoms with E-state index in [4.69, 9.17) is 39.5 Å². The lowest BCUT2D eigenvalue weighted by Crippen LogP contribution is -2.50. The van der Waals surface area contributed by atoms with Crippen molar-refractivity contribution in [2.45, 2.75) is 45.7 Å².